The van der Waals surface area contributed by atoms with Crippen molar-refractivity contribution in [3.05, 3.63) is 65.7 Å². The number of aliphatic hydroxyl groups is 1. The molecule has 1 fully saturated rings. The summed E-state index contributed by atoms with van der Waals surface area (Å²) in [7, 11) is 0. The predicted octanol–water partition coefficient (Wildman–Crippen LogP) is 3.97. The summed E-state index contributed by atoms with van der Waals surface area (Å²) < 4.78 is 5.70. The summed E-state index contributed by atoms with van der Waals surface area (Å²) in [5.74, 6) is 0.847. The van der Waals surface area contributed by atoms with Crippen molar-refractivity contribution in [3.8, 4) is 5.75 Å². The van der Waals surface area contributed by atoms with E-state index in [2.05, 4.69) is 0 Å². The smallest absolute Gasteiger partial charge is 0.120 e. The molecule has 0 heterocycles. The van der Waals surface area contributed by atoms with Crippen LogP contribution in [0.15, 0.2) is 54.6 Å². The molecule has 2 aromatic rings. The van der Waals surface area contributed by atoms with Gasteiger partial charge in [0.2, 0.25) is 0 Å². The summed E-state index contributed by atoms with van der Waals surface area (Å²) in [5.41, 5.74) is 2.25. The molecule has 0 saturated heterocycles. The lowest BCUT2D eigenvalue weighted by Gasteiger charge is -2.07. The van der Waals surface area contributed by atoms with Crippen molar-refractivity contribution in [2.75, 3.05) is 6.61 Å². The lowest BCUT2D eigenvalue weighted by Crippen LogP contribution is -1.96. The van der Waals surface area contributed by atoms with E-state index in [9.17, 15) is 0 Å². The Morgan fingerprint density at radius 2 is 1.55 bits per heavy atom. The Morgan fingerprint density at radius 3 is 2.20 bits per heavy atom. The van der Waals surface area contributed by atoms with Crippen LogP contribution in [0.5, 0.6) is 5.75 Å². The maximum absolute atomic E-state index is 8.88. The van der Waals surface area contributed by atoms with Crippen LogP contribution in [-0.4, -0.2) is 11.7 Å². The van der Waals surface area contributed by atoms with Crippen LogP contribution >= 0.6 is 0 Å². The normalized spacial score (nSPS) is 12.2. The summed E-state index contributed by atoms with van der Waals surface area (Å²) in [6.45, 7) is 0.742. The largest absolute Gasteiger partial charge is 0.489 e. The maximum Gasteiger partial charge on any atom is 0.120 e. The summed E-state index contributed by atoms with van der Waals surface area (Å²) in [6, 6.07) is 17.9. The number of rotatable bonds is 5. The van der Waals surface area contributed by atoms with Crippen LogP contribution < -0.4 is 4.74 Å². The molecule has 3 rings (SSSR count). The molecular weight excluding hydrogens is 248 g/mol. The molecule has 0 radical (unpaired) electrons. The minimum absolute atomic E-state index is 0.169. The number of aliphatic hydroxyl groups excluding tert-OH is 1. The van der Waals surface area contributed by atoms with Gasteiger partial charge in [-0.25, -0.2) is 0 Å². The van der Waals surface area contributed by atoms with Crippen molar-refractivity contribution in [2.45, 2.75) is 32.3 Å². The summed E-state index contributed by atoms with van der Waals surface area (Å²) >= 11 is 0. The molecule has 0 aliphatic heterocycles. The Morgan fingerprint density at radius 1 is 0.850 bits per heavy atom. The second-order valence-corrected chi connectivity index (χ2v) is 4.96. The third-order valence-corrected chi connectivity index (χ3v) is 2.90. The first kappa shape index (κ1) is 14.6. The molecule has 0 aromatic heterocycles. The summed E-state index contributed by atoms with van der Waals surface area (Å²) in [5, 5.41) is 8.88. The Balaban J connectivity index is 0.000000432. The first-order valence-corrected chi connectivity index (χ1v) is 7.25. The third kappa shape index (κ3) is 5.89. The first-order chi connectivity index (χ1) is 9.88. The van der Waals surface area contributed by atoms with Crippen molar-refractivity contribution in [1.29, 1.82) is 0 Å². The molecule has 1 aliphatic carbocycles. The van der Waals surface area contributed by atoms with E-state index < -0.39 is 0 Å². The van der Waals surface area contributed by atoms with Gasteiger partial charge in [0.1, 0.15) is 12.4 Å². The minimum atomic E-state index is 0.169. The van der Waals surface area contributed by atoms with Crippen LogP contribution in [0.2, 0.25) is 0 Å². The predicted molar refractivity (Wildman–Crippen MR) is 81.9 cm³/mol. The van der Waals surface area contributed by atoms with Crippen LogP contribution in [0.1, 0.15) is 30.4 Å². The Labute approximate surface area is 121 Å². The molecule has 2 nitrogen and oxygen atoms in total. The SMILES string of the molecule is C1CC1.OCCc1cccc(OCc2ccccc2)c1. The van der Waals surface area contributed by atoms with Gasteiger partial charge in [0.15, 0.2) is 0 Å². The van der Waals surface area contributed by atoms with Gasteiger partial charge < -0.3 is 9.84 Å². The highest BCUT2D eigenvalue weighted by molar-refractivity contribution is 5.29. The first-order valence-electron chi connectivity index (χ1n) is 7.25. The van der Waals surface area contributed by atoms with Crippen molar-refractivity contribution in [3.63, 3.8) is 0 Å². The van der Waals surface area contributed by atoms with E-state index in [4.69, 9.17) is 9.84 Å². The highest BCUT2D eigenvalue weighted by Crippen LogP contribution is 2.15. The molecule has 0 amide bonds. The second kappa shape index (κ2) is 8.39. The Hall–Kier alpha value is -1.80. The van der Waals surface area contributed by atoms with Crippen molar-refractivity contribution >= 4 is 0 Å². The highest BCUT2D eigenvalue weighted by atomic mass is 16.5. The van der Waals surface area contributed by atoms with Gasteiger partial charge in [-0.15, -0.1) is 0 Å². The van der Waals surface area contributed by atoms with E-state index in [0.717, 1.165) is 16.9 Å². The van der Waals surface area contributed by atoms with Gasteiger partial charge in [0.25, 0.3) is 0 Å². The van der Waals surface area contributed by atoms with Crippen LogP contribution in [0, 0.1) is 0 Å². The van der Waals surface area contributed by atoms with E-state index in [0.29, 0.717) is 13.0 Å². The highest BCUT2D eigenvalue weighted by Gasteiger charge is 1.97. The molecule has 1 N–H and O–H groups in total. The van der Waals surface area contributed by atoms with Gasteiger partial charge in [0.05, 0.1) is 0 Å². The van der Waals surface area contributed by atoms with Gasteiger partial charge >= 0.3 is 0 Å². The number of benzene rings is 2. The zero-order chi connectivity index (χ0) is 14.0. The Kier molecular flexibility index (Phi) is 6.12. The quantitative estimate of drug-likeness (QED) is 0.890. The lowest BCUT2D eigenvalue weighted by atomic mass is 10.1. The number of ether oxygens (including phenoxy) is 1. The molecule has 0 atom stereocenters. The average Bonchev–Trinajstić information content (AvgIpc) is 3.36. The van der Waals surface area contributed by atoms with Gasteiger partial charge in [-0.1, -0.05) is 61.7 Å². The lowest BCUT2D eigenvalue weighted by molar-refractivity contribution is 0.296. The average molecular weight is 270 g/mol. The standard InChI is InChI=1S/C15H16O2.C3H6/c16-10-9-13-7-4-8-15(11-13)17-12-14-5-2-1-3-6-14;1-2-3-1/h1-8,11,16H,9-10,12H2;1-3H2. The number of hydrogen-bond donors (Lipinski definition) is 1. The monoisotopic (exact) mass is 270 g/mol. The van der Waals surface area contributed by atoms with Gasteiger partial charge in [-0.2, -0.15) is 0 Å². The molecule has 20 heavy (non-hydrogen) atoms. The topological polar surface area (TPSA) is 29.5 Å². The number of hydrogen-bond acceptors (Lipinski definition) is 2. The molecule has 1 saturated carbocycles. The van der Waals surface area contributed by atoms with Crippen molar-refractivity contribution in [1.82, 2.24) is 0 Å². The molecular formula is C18H22O2. The van der Waals surface area contributed by atoms with E-state index in [1.54, 1.807) is 0 Å². The maximum atomic E-state index is 8.88. The van der Waals surface area contributed by atoms with E-state index in [-0.39, 0.29) is 6.61 Å². The van der Waals surface area contributed by atoms with E-state index in [1.165, 1.54) is 19.3 Å². The molecule has 0 unspecified atom stereocenters. The zero-order valence-electron chi connectivity index (χ0n) is 11.8. The van der Waals surface area contributed by atoms with Gasteiger partial charge in [-0.05, 0) is 29.7 Å². The fraction of sp³-hybridized carbons (Fsp3) is 0.333. The fourth-order valence-electron chi connectivity index (χ4n) is 1.66. The molecule has 2 aromatic carbocycles. The van der Waals surface area contributed by atoms with Crippen LogP contribution in [0.3, 0.4) is 0 Å². The zero-order valence-corrected chi connectivity index (χ0v) is 11.8. The van der Waals surface area contributed by atoms with Crippen LogP contribution in [0.25, 0.3) is 0 Å². The summed E-state index contributed by atoms with van der Waals surface area (Å²) in [6.07, 6.45) is 5.17. The molecule has 1 aliphatic rings. The van der Waals surface area contributed by atoms with Gasteiger partial charge in [-0.3, -0.25) is 0 Å². The molecule has 106 valence electrons. The van der Waals surface area contributed by atoms with Gasteiger partial charge in [0, 0.05) is 6.61 Å². The Bertz CT molecular complexity index is 489. The minimum Gasteiger partial charge on any atom is -0.489 e. The summed E-state index contributed by atoms with van der Waals surface area (Å²) in [4.78, 5) is 0. The second-order valence-electron chi connectivity index (χ2n) is 4.96. The van der Waals surface area contributed by atoms with Crippen molar-refractivity contribution < 1.29 is 9.84 Å². The van der Waals surface area contributed by atoms with E-state index in [1.807, 2.05) is 54.6 Å². The molecule has 0 spiro atoms. The van der Waals surface area contributed by atoms with Crippen LogP contribution in [0.4, 0.5) is 0 Å². The molecule has 0 bridgehead atoms. The molecule has 2 heteroatoms. The van der Waals surface area contributed by atoms with Crippen LogP contribution in [-0.2, 0) is 13.0 Å². The fourth-order valence-corrected chi connectivity index (χ4v) is 1.66. The third-order valence-electron chi connectivity index (χ3n) is 2.90. The van der Waals surface area contributed by atoms with E-state index >= 15 is 0 Å². The van der Waals surface area contributed by atoms with Crippen molar-refractivity contribution in [2.24, 2.45) is 0 Å².